The average Bonchev–Trinajstić information content (AvgIpc) is 2.66. The van der Waals surface area contributed by atoms with Gasteiger partial charge in [-0.25, -0.2) is 0 Å². The van der Waals surface area contributed by atoms with Crippen LogP contribution in [0.25, 0.3) is 6.08 Å². The zero-order chi connectivity index (χ0) is 19.8. The van der Waals surface area contributed by atoms with Gasteiger partial charge in [0.25, 0.3) is 5.91 Å². The molecule has 0 aliphatic rings. The first-order valence-electron chi connectivity index (χ1n) is 8.52. The summed E-state index contributed by atoms with van der Waals surface area (Å²) >= 11 is 0. The lowest BCUT2D eigenvalue weighted by Crippen LogP contribution is -2.27. The molecule has 6 heteroatoms. The molecular weight excluding hydrogens is 346 g/mol. The van der Waals surface area contributed by atoms with Crippen molar-refractivity contribution in [1.29, 1.82) is 0 Å². The van der Waals surface area contributed by atoms with Crippen molar-refractivity contribution in [2.45, 2.75) is 6.92 Å². The summed E-state index contributed by atoms with van der Waals surface area (Å²) in [5, 5.41) is 9.70. The van der Waals surface area contributed by atoms with Crippen LogP contribution in [-0.2, 0) is 4.79 Å². The Labute approximate surface area is 158 Å². The molecule has 0 heterocycles. The maximum atomic E-state index is 12.3. The predicted octanol–water partition coefficient (Wildman–Crippen LogP) is 3.15. The largest absolute Gasteiger partial charge is 0.504 e. The Hall–Kier alpha value is -3.28. The van der Waals surface area contributed by atoms with Gasteiger partial charge in [0.1, 0.15) is 5.75 Å². The van der Waals surface area contributed by atoms with E-state index in [-0.39, 0.29) is 24.0 Å². The molecule has 1 N–H and O–H groups in total. The summed E-state index contributed by atoms with van der Waals surface area (Å²) < 4.78 is 10.7. The van der Waals surface area contributed by atoms with E-state index < -0.39 is 0 Å². The van der Waals surface area contributed by atoms with Gasteiger partial charge in [-0.15, -0.1) is 0 Å². The maximum Gasteiger partial charge on any atom is 0.259 e. The third-order valence-corrected chi connectivity index (χ3v) is 3.71. The van der Waals surface area contributed by atoms with Crippen molar-refractivity contribution in [1.82, 2.24) is 4.90 Å². The number of amides is 1. The van der Waals surface area contributed by atoms with Crippen molar-refractivity contribution in [3.63, 3.8) is 0 Å². The number of carbonyl (C=O) groups is 2. The molecule has 27 heavy (non-hydrogen) atoms. The number of aromatic hydroxyl groups is 1. The zero-order valence-electron chi connectivity index (χ0n) is 15.6. The lowest BCUT2D eigenvalue weighted by Gasteiger charge is -2.11. The number of nitrogens with zero attached hydrogens (tertiary/aromatic N) is 1. The minimum Gasteiger partial charge on any atom is -0.504 e. The first-order chi connectivity index (χ1) is 12.9. The van der Waals surface area contributed by atoms with Crippen molar-refractivity contribution in [2.75, 3.05) is 27.3 Å². The summed E-state index contributed by atoms with van der Waals surface area (Å²) in [6.07, 6.45) is 3.11. The van der Waals surface area contributed by atoms with Crippen LogP contribution >= 0.6 is 0 Å². The third kappa shape index (κ3) is 5.88. The van der Waals surface area contributed by atoms with E-state index in [4.69, 9.17) is 9.47 Å². The molecule has 0 aliphatic heterocycles. The number of allylic oxidation sites excluding steroid dienone is 1. The Morgan fingerprint density at radius 3 is 2.41 bits per heavy atom. The molecule has 1 amide bonds. The summed E-state index contributed by atoms with van der Waals surface area (Å²) in [6, 6.07) is 11.5. The van der Waals surface area contributed by atoms with Crippen molar-refractivity contribution in [3.8, 4) is 17.2 Å². The quantitative estimate of drug-likeness (QED) is 0.571. The summed E-state index contributed by atoms with van der Waals surface area (Å²) in [5.74, 6) is 0.644. The summed E-state index contributed by atoms with van der Waals surface area (Å²) in [6.45, 7) is 2.21. The molecule has 0 saturated carbocycles. The predicted molar refractivity (Wildman–Crippen MR) is 103 cm³/mol. The molecule has 0 atom stereocenters. The molecular formula is C21H23NO5. The van der Waals surface area contributed by atoms with Crippen LogP contribution in [0.4, 0.5) is 0 Å². The van der Waals surface area contributed by atoms with E-state index in [2.05, 4.69) is 0 Å². The number of ketones is 1. The monoisotopic (exact) mass is 369 g/mol. The molecule has 0 spiro atoms. The molecule has 0 aromatic heterocycles. The molecule has 2 aromatic rings. The van der Waals surface area contributed by atoms with E-state index in [0.717, 1.165) is 5.56 Å². The Balaban J connectivity index is 2.00. The SMILES string of the molecule is CCOc1cc(/C=C/C(=O)c2ccc(OCC(=O)N(C)C)cc2)ccc1O. The number of likely N-dealkylation sites (N-methyl/N-ethyl adjacent to an activating group) is 1. The number of carbonyl (C=O) groups excluding carboxylic acids is 2. The first kappa shape index (κ1) is 20.0. The molecule has 0 saturated heterocycles. The van der Waals surface area contributed by atoms with Gasteiger partial charge in [0.2, 0.25) is 0 Å². The van der Waals surface area contributed by atoms with Crippen molar-refractivity contribution >= 4 is 17.8 Å². The Kier molecular flexibility index (Phi) is 7.00. The van der Waals surface area contributed by atoms with E-state index in [0.29, 0.717) is 23.7 Å². The lowest BCUT2D eigenvalue weighted by molar-refractivity contribution is -0.130. The van der Waals surface area contributed by atoms with Crippen molar-refractivity contribution in [2.24, 2.45) is 0 Å². The van der Waals surface area contributed by atoms with Crippen molar-refractivity contribution in [3.05, 3.63) is 59.7 Å². The van der Waals surface area contributed by atoms with E-state index in [1.165, 1.54) is 17.0 Å². The Morgan fingerprint density at radius 1 is 1.07 bits per heavy atom. The number of phenols is 1. The second kappa shape index (κ2) is 9.43. The Bertz CT molecular complexity index is 825. The van der Waals surface area contributed by atoms with Crippen LogP contribution in [0.2, 0.25) is 0 Å². The summed E-state index contributed by atoms with van der Waals surface area (Å²) in [5.41, 5.74) is 1.24. The number of ether oxygens (including phenoxy) is 2. The number of hydrogen-bond donors (Lipinski definition) is 1. The number of benzene rings is 2. The molecule has 0 fully saturated rings. The van der Waals surface area contributed by atoms with Gasteiger partial charge >= 0.3 is 0 Å². The summed E-state index contributed by atoms with van der Waals surface area (Å²) in [4.78, 5) is 25.3. The second-order valence-electron chi connectivity index (χ2n) is 5.96. The fraction of sp³-hybridized carbons (Fsp3) is 0.238. The minimum atomic E-state index is -0.169. The average molecular weight is 369 g/mol. The van der Waals surface area contributed by atoms with E-state index in [1.54, 1.807) is 56.6 Å². The van der Waals surface area contributed by atoms with Gasteiger partial charge in [-0.1, -0.05) is 12.1 Å². The highest BCUT2D eigenvalue weighted by Gasteiger charge is 2.07. The van der Waals surface area contributed by atoms with Crippen molar-refractivity contribution < 1.29 is 24.2 Å². The van der Waals surface area contributed by atoms with E-state index >= 15 is 0 Å². The lowest BCUT2D eigenvalue weighted by atomic mass is 10.1. The van der Waals surface area contributed by atoms with Gasteiger partial charge < -0.3 is 19.5 Å². The summed E-state index contributed by atoms with van der Waals surface area (Å²) in [7, 11) is 3.32. The number of hydrogen-bond acceptors (Lipinski definition) is 5. The topological polar surface area (TPSA) is 76.1 Å². The number of rotatable bonds is 8. The van der Waals surface area contributed by atoms with Crippen LogP contribution in [0.1, 0.15) is 22.8 Å². The van der Waals surface area contributed by atoms with Gasteiger partial charge in [0.05, 0.1) is 6.61 Å². The van der Waals surface area contributed by atoms with E-state index in [9.17, 15) is 14.7 Å². The van der Waals surface area contributed by atoms with Crippen LogP contribution in [-0.4, -0.2) is 49.0 Å². The highest BCUT2D eigenvalue weighted by atomic mass is 16.5. The van der Waals surface area contributed by atoms with Gasteiger partial charge in [0.15, 0.2) is 23.9 Å². The van der Waals surface area contributed by atoms with Gasteiger partial charge in [-0.3, -0.25) is 9.59 Å². The molecule has 142 valence electrons. The highest BCUT2D eigenvalue weighted by molar-refractivity contribution is 6.06. The molecule has 0 radical (unpaired) electrons. The molecule has 2 aromatic carbocycles. The third-order valence-electron chi connectivity index (χ3n) is 3.71. The van der Waals surface area contributed by atoms with Crippen LogP contribution in [0, 0.1) is 0 Å². The van der Waals surface area contributed by atoms with Crippen LogP contribution in [0.15, 0.2) is 48.5 Å². The first-order valence-corrected chi connectivity index (χ1v) is 8.52. The molecule has 0 unspecified atom stereocenters. The van der Waals surface area contributed by atoms with E-state index in [1.807, 2.05) is 6.92 Å². The minimum absolute atomic E-state index is 0.0524. The fourth-order valence-electron chi connectivity index (χ4n) is 2.16. The fourth-order valence-corrected chi connectivity index (χ4v) is 2.16. The smallest absolute Gasteiger partial charge is 0.259 e. The molecule has 0 aliphatic carbocycles. The molecule has 2 rings (SSSR count). The highest BCUT2D eigenvalue weighted by Crippen LogP contribution is 2.27. The van der Waals surface area contributed by atoms with Gasteiger partial charge in [0, 0.05) is 19.7 Å². The van der Waals surface area contributed by atoms with Crippen LogP contribution in [0.5, 0.6) is 17.2 Å². The number of phenolic OH excluding ortho intramolecular Hbond substituents is 1. The van der Waals surface area contributed by atoms with Crippen LogP contribution in [0.3, 0.4) is 0 Å². The normalized spacial score (nSPS) is 10.6. The second-order valence-corrected chi connectivity index (χ2v) is 5.96. The Morgan fingerprint density at radius 2 is 1.78 bits per heavy atom. The van der Waals surface area contributed by atoms with Crippen LogP contribution < -0.4 is 9.47 Å². The molecule has 0 bridgehead atoms. The standard InChI is InChI=1S/C21H23NO5/c1-4-26-20-13-15(6-12-19(20)24)5-11-18(23)16-7-9-17(10-8-16)27-14-21(25)22(2)3/h5-13,24H,4,14H2,1-3H3/b11-5+. The maximum absolute atomic E-state index is 12.3. The molecule has 6 nitrogen and oxygen atoms in total. The zero-order valence-corrected chi connectivity index (χ0v) is 15.6. The van der Waals surface area contributed by atoms with Gasteiger partial charge in [-0.2, -0.15) is 0 Å². The van der Waals surface area contributed by atoms with Gasteiger partial charge in [-0.05, 0) is 55.0 Å².